The summed E-state index contributed by atoms with van der Waals surface area (Å²) in [5, 5.41) is 4.01. The van der Waals surface area contributed by atoms with Gasteiger partial charge in [0.2, 0.25) is 0 Å². The molecule has 0 saturated carbocycles. The summed E-state index contributed by atoms with van der Waals surface area (Å²) in [6, 6.07) is 12.2. The van der Waals surface area contributed by atoms with Gasteiger partial charge in [-0.15, -0.1) is 5.10 Å². The van der Waals surface area contributed by atoms with Crippen molar-refractivity contribution in [3.05, 3.63) is 66.2 Å². The number of nitrogens with zero attached hydrogens (tertiary/aromatic N) is 3. The van der Waals surface area contributed by atoms with E-state index in [1.807, 2.05) is 0 Å². The molecule has 0 aliphatic rings. The Morgan fingerprint density at radius 2 is 1.88 bits per heavy atom. The number of hydrogen-bond donors (Lipinski definition) is 1. The molecule has 0 amide bonds. The zero-order valence-electron chi connectivity index (χ0n) is 13.3. The van der Waals surface area contributed by atoms with Gasteiger partial charge in [0.05, 0.1) is 18.6 Å². The molecule has 0 unspecified atom stereocenters. The first kappa shape index (κ1) is 16.9. The fourth-order valence-electron chi connectivity index (χ4n) is 2.15. The minimum Gasteiger partial charge on any atom is -0.497 e. The summed E-state index contributed by atoms with van der Waals surface area (Å²) in [7, 11) is -2.33. The van der Waals surface area contributed by atoms with Crippen molar-refractivity contribution >= 4 is 16.0 Å². The van der Waals surface area contributed by atoms with Gasteiger partial charge in [-0.3, -0.25) is 0 Å². The molecule has 0 aliphatic heterocycles. The molecule has 0 spiro atoms. The van der Waals surface area contributed by atoms with Crippen LogP contribution >= 0.6 is 0 Å². The maximum Gasteiger partial charge on any atom is 0.264 e. The summed E-state index contributed by atoms with van der Waals surface area (Å²) in [4.78, 5) is 3.96. The van der Waals surface area contributed by atoms with E-state index in [0.29, 0.717) is 11.3 Å². The van der Waals surface area contributed by atoms with Crippen LogP contribution in [0.3, 0.4) is 0 Å². The first-order valence-electron chi connectivity index (χ1n) is 7.28. The lowest BCUT2D eigenvalue weighted by atomic mass is 10.2. The Morgan fingerprint density at radius 1 is 1.16 bits per heavy atom. The van der Waals surface area contributed by atoms with Crippen LogP contribution in [0.25, 0.3) is 0 Å². The second-order valence-corrected chi connectivity index (χ2v) is 6.82. The summed E-state index contributed by atoms with van der Waals surface area (Å²) in [5.41, 5.74) is 0.428. The zero-order valence-corrected chi connectivity index (χ0v) is 14.1. The van der Waals surface area contributed by atoms with Crippen molar-refractivity contribution in [1.82, 2.24) is 14.8 Å². The monoisotopic (exact) mass is 362 g/mol. The predicted octanol–water partition coefficient (Wildman–Crippen LogP) is 2.27. The molecule has 0 bridgehead atoms. The molecular weight excluding hydrogens is 347 g/mol. The fourth-order valence-corrected chi connectivity index (χ4v) is 3.10. The molecule has 9 heteroatoms. The molecule has 1 aromatic heterocycles. The number of hydrogen-bond acceptors (Lipinski definition) is 5. The van der Waals surface area contributed by atoms with E-state index in [1.165, 1.54) is 36.3 Å². The lowest BCUT2D eigenvalue weighted by molar-refractivity contribution is 0.414. The normalized spacial score (nSPS) is 11.3. The van der Waals surface area contributed by atoms with Gasteiger partial charge in [0, 0.05) is 5.56 Å². The van der Waals surface area contributed by atoms with E-state index in [4.69, 9.17) is 4.74 Å². The molecule has 3 rings (SSSR count). The Kier molecular flexibility index (Phi) is 4.66. The molecule has 3 aromatic rings. The third kappa shape index (κ3) is 3.94. The van der Waals surface area contributed by atoms with Crippen LogP contribution in [0.2, 0.25) is 0 Å². The summed E-state index contributed by atoms with van der Waals surface area (Å²) in [6.07, 6.45) is 1.33. The zero-order chi connectivity index (χ0) is 17.9. The van der Waals surface area contributed by atoms with Crippen molar-refractivity contribution in [3.8, 4) is 5.75 Å². The van der Waals surface area contributed by atoms with Gasteiger partial charge in [-0.05, 0) is 30.3 Å². The number of ether oxygens (including phenoxy) is 1. The molecule has 1 heterocycles. The molecule has 0 fully saturated rings. The second kappa shape index (κ2) is 6.89. The first-order chi connectivity index (χ1) is 12.0. The van der Waals surface area contributed by atoms with E-state index >= 15 is 0 Å². The molecule has 25 heavy (non-hydrogen) atoms. The van der Waals surface area contributed by atoms with Gasteiger partial charge in [0.25, 0.3) is 16.0 Å². The Balaban J connectivity index is 1.75. The van der Waals surface area contributed by atoms with E-state index < -0.39 is 10.0 Å². The van der Waals surface area contributed by atoms with Crippen molar-refractivity contribution in [2.45, 2.75) is 11.4 Å². The molecule has 130 valence electrons. The van der Waals surface area contributed by atoms with Crippen molar-refractivity contribution in [2.24, 2.45) is 0 Å². The Hall–Kier alpha value is -2.94. The molecule has 1 N–H and O–H groups in total. The van der Waals surface area contributed by atoms with Crippen LogP contribution in [0.15, 0.2) is 59.8 Å². The molecule has 0 radical (unpaired) electrons. The summed E-state index contributed by atoms with van der Waals surface area (Å²) < 4.78 is 46.9. The molecular formula is C16H15FN4O3S. The van der Waals surface area contributed by atoms with Crippen LogP contribution in [-0.4, -0.2) is 30.3 Å². The Morgan fingerprint density at radius 3 is 2.56 bits per heavy atom. The number of halogens is 1. The van der Waals surface area contributed by atoms with E-state index in [9.17, 15) is 12.8 Å². The minimum absolute atomic E-state index is 0.0544. The van der Waals surface area contributed by atoms with Crippen LogP contribution < -0.4 is 9.46 Å². The predicted molar refractivity (Wildman–Crippen MR) is 89.3 cm³/mol. The summed E-state index contributed by atoms with van der Waals surface area (Å²) >= 11 is 0. The fraction of sp³-hybridized carbons (Fsp3) is 0.125. The minimum atomic E-state index is -3.82. The van der Waals surface area contributed by atoms with Crippen molar-refractivity contribution in [1.29, 1.82) is 0 Å². The average Bonchev–Trinajstić information content (AvgIpc) is 3.03. The SMILES string of the molecule is COc1ccc(S(=O)(=O)Nc2ncn(Cc3ccccc3F)n2)cc1. The van der Waals surface area contributed by atoms with Crippen LogP contribution in [0, 0.1) is 5.82 Å². The smallest absolute Gasteiger partial charge is 0.264 e. The van der Waals surface area contributed by atoms with E-state index in [2.05, 4.69) is 14.8 Å². The lowest BCUT2D eigenvalue weighted by Gasteiger charge is -2.06. The molecule has 0 atom stereocenters. The highest BCUT2D eigenvalue weighted by molar-refractivity contribution is 7.92. The number of sulfonamides is 1. The third-order valence-corrected chi connectivity index (χ3v) is 4.77. The van der Waals surface area contributed by atoms with Gasteiger partial charge in [-0.25, -0.2) is 22.2 Å². The summed E-state index contributed by atoms with van der Waals surface area (Å²) in [6.45, 7) is 0.143. The van der Waals surface area contributed by atoms with Crippen molar-refractivity contribution in [2.75, 3.05) is 11.8 Å². The second-order valence-electron chi connectivity index (χ2n) is 5.14. The maximum atomic E-state index is 13.7. The maximum absolute atomic E-state index is 13.7. The van der Waals surface area contributed by atoms with Gasteiger partial charge in [-0.1, -0.05) is 18.2 Å². The molecule has 7 nitrogen and oxygen atoms in total. The standard InChI is InChI=1S/C16H15FN4O3S/c1-24-13-6-8-14(9-7-13)25(22,23)20-16-18-11-21(19-16)10-12-4-2-3-5-15(12)17/h2-9,11H,10H2,1H3,(H,19,20). The van der Waals surface area contributed by atoms with E-state index in [0.717, 1.165) is 0 Å². The van der Waals surface area contributed by atoms with E-state index in [1.54, 1.807) is 30.3 Å². The highest BCUT2D eigenvalue weighted by Crippen LogP contribution is 2.17. The summed E-state index contributed by atoms with van der Waals surface area (Å²) in [5.74, 6) is 0.0942. The van der Waals surface area contributed by atoms with Crippen LogP contribution in [0.5, 0.6) is 5.75 Å². The number of methoxy groups -OCH3 is 1. The number of benzene rings is 2. The highest BCUT2D eigenvalue weighted by Gasteiger charge is 2.16. The number of rotatable bonds is 6. The number of nitrogens with one attached hydrogen (secondary N) is 1. The molecule has 0 saturated heterocycles. The average molecular weight is 362 g/mol. The van der Waals surface area contributed by atoms with Crippen molar-refractivity contribution < 1.29 is 17.5 Å². The highest BCUT2D eigenvalue weighted by atomic mass is 32.2. The van der Waals surface area contributed by atoms with Crippen LogP contribution in [-0.2, 0) is 16.6 Å². The molecule has 0 aliphatic carbocycles. The lowest BCUT2D eigenvalue weighted by Crippen LogP contribution is -2.14. The molecule has 2 aromatic carbocycles. The Bertz CT molecular complexity index is 971. The number of aromatic nitrogens is 3. The van der Waals surface area contributed by atoms with Gasteiger partial charge in [-0.2, -0.15) is 4.98 Å². The number of anilines is 1. The van der Waals surface area contributed by atoms with Crippen LogP contribution in [0.1, 0.15) is 5.56 Å². The largest absolute Gasteiger partial charge is 0.497 e. The van der Waals surface area contributed by atoms with Gasteiger partial charge >= 0.3 is 0 Å². The van der Waals surface area contributed by atoms with Gasteiger partial charge in [0.1, 0.15) is 17.9 Å². The Labute approximate surface area is 144 Å². The van der Waals surface area contributed by atoms with Gasteiger partial charge in [0.15, 0.2) is 0 Å². The van der Waals surface area contributed by atoms with Crippen LogP contribution in [0.4, 0.5) is 10.3 Å². The first-order valence-corrected chi connectivity index (χ1v) is 8.76. The van der Waals surface area contributed by atoms with Crippen molar-refractivity contribution in [3.63, 3.8) is 0 Å². The third-order valence-electron chi connectivity index (χ3n) is 3.42. The van der Waals surface area contributed by atoms with E-state index in [-0.39, 0.29) is 23.2 Å². The van der Waals surface area contributed by atoms with Gasteiger partial charge < -0.3 is 4.74 Å². The topological polar surface area (TPSA) is 86.1 Å². The quantitative estimate of drug-likeness (QED) is 0.727.